The maximum Gasteiger partial charge on any atom is 0.335 e. The van der Waals surface area contributed by atoms with Crippen LogP contribution in [0, 0.1) is 0 Å². The van der Waals surface area contributed by atoms with Crippen LogP contribution < -0.4 is 0 Å². The number of aliphatic hydroxyl groups excluding tert-OH is 2. The number of hydrogen-bond acceptors (Lipinski definition) is 8. The molecule has 0 saturated heterocycles. The SMILES string of the molecule is O=C(/C=C/c1ccc(O)c(O)c1)O[C@@H]1C[C@@](O)(C(=O)O)C[C@@H](O)[C@H]1O. The largest absolute Gasteiger partial charge is 0.504 e. The highest BCUT2D eigenvalue weighted by atomic mass is 16.6. The summed E-state index contributed by atoms with van der Waals surface area (Å²) in [6.07, 6.45) is -3.44. The molecular weight excluding hydrogens is 336 g/mol. The van der Waals surface area contributed by atoms with Crippen LogP contribution in [0.2, 0.25) is 0 Å². The molecule has 0 aliphatic heterocycles. The summed E-state index contributed by atoms with van der Waals surface area (Å²) in [5.74, 6) is -3.24. The second kappa shape index (κ2) is 7.09. The van der Waals surface area contributed by atoms with Crippen LogP contribution in [0.4, 0.5) is 0 Å². The molecule has 0 bridgehead atoms. The van der Waals surface area contributed by atoms with E-state index >= 15 is 0 Å². The van der Waals surface area contributed by atoms with E-state index in [-0.39, 0.29) is 11.5 Å². The molecule has 25 heavy (non-hydrogen) atoms. The number of rotatable bonds is 4. The number of esters is 1. The number of benzene rings is 1. The van der Waals surface area contributed by atoms with Gasteiger partial charge in [-0.15, -0.1) is 0 Å². The van der Waals surface area contributed by atoms with Crippen molar-refractivity contribution in [3.63, 3.8) is 0 Å². The highest BCUT2D eigenvalue weighted by Crippen LogP contribution is 2.31. The van der Waals surface area contributed by atoms with E-state index in [4.69, 9.17) is 9.84 Å². The Morgan fingerprint density at radius 2 is 1.84 bits per heavy atom. The molecule has 9 nitrogen and oxygen atoms in total. The second-order valence-electron chi connectivity index (χ2n) is 5.86. The number of aliphatic hydroxyl groups is 3. The molecule has 0 heterocycles. The summed E-state index contributed by atoms with van der Waals surface area (Å²) in [6, 6.07) is 3.83. The fourth-order valence-electron chi connectivity index (χ4n) is 2.53. The molecular formula is C16H18O9. The van der Waals surface area contributed by atoms with Gasteiger partial charge in [-0.2, -0.15) is 0 Å². The number of carboxylic acids is 1. The minimum absolute atomic E-state index is 0.327. The predicted octanol–water partition coefficient (Wildman–Crippen LogP) is -0.646. The molecule has 4 atom stereocenters. The number of carboxylic acid groups (broad SMARTS) is 1. The maximum absolute atomic E-state index is 11.8. The van der Waals surface area contributed by atoms with Gasteiger partial charge < -0.3 is 35.4 Å². The van der Waals surface area contributed by atoms with Crippen LogP contribution in [0.15, 0.2) is 24.3 Å². The zero-order valence-electron chi connectivity index (χ0n) is 12.9. The molecule has 0 aromatic heterocycles. The number of hydrogen-bond donors (Lipinski definition) is 6. The van der Waals surface area contributed by atoms with Gasteiger partial charge in [-0.1, -0.05) is 6.07 Å². The lowest BCUT2D eigenvalue weighted by molar-refractivity contribution is -0.196. The van der Waals surface area contributed by atoms with Crippen molar-refractivity contribution >= 4 is 18.0 Å². The van der Waals surface area contributed by atoms with Crippen molar-refractivity contribution < 1.29 is 45.0 Å². The monoisotopic (exact) mass is 354 g/mol. The van der Waals surface area contributed by atoms with Crippen LogP contribution in [-0.4, -0.2) is 66.5 Å². The quantitative estimate of drug-likeness (QED) is 0.234. The van der Waals surface area contributed by atoms with Gasteiger partial charge in [0, 0.05) is 18.9 Å². The summed E-state index contributed by atoms with van der Waals surface area (Å²) in [6.45, 7) is 0. The summed E-state index contributed by atoms with van der Waals surface area (Å²) >= 11 is 0. The van der Waals surface area contributed by atoms with Crippen molar-refractivity contribution in [2.45, 2.75) is 36.8 Å². The third-order valence-corrected chi connectivity index (χ3v) is 3.94. The maximum atomic E-state index is 11.8. The fourth-order valence-corrected chi connectivity index (χ4v) is 2.53. The van der Waals surface area contributed by atoms with Crippen LogP contribution in [0.5, 0.6) is 11.5 Å². The van der Waals surface area contributed by atoms with Crippen molar-refractivity contribution in [1.29, 1.82) is 0 Å². The molecule has 2 rings (SSSR count). The van der Waals surface area contributed by atoms with Gasteiger partial charge >= 0.3 is 11.9 Å². The molecule has 6 N–H and O–H groups in total. The van der Waals surface area contributed by atoms with Gasteiger partial charge in [0.25, 0.3) is 0 Å². The number of phenolic OH excluding ortho intramolecular Hbond substituents is 2. The van der Waals surface area contributed by atoms with E-state index in [1.165, 1.54) is 24.3 Å². The van der Waals surface area contributed by atoms with Crippen molar-refractivity contribution in [2.24, 2.45) is 0 Å². The van der Waals surface area contributed by atoms with Crippen LogP contribution in [-0.2, 0) is 14.3 Å². The van der Waals surface area contributed by atoms with Gasteiger partial charge in [-0.3, -0.25) is 0 Å². The Labute approximate surface area is 142 Å². The first-order valence-electron chi connectivity index (χ1n) is 7.35. The minimum Gasteiger partial charge on any atom is -0.504 e. The first-order valence-corrected chi connectivity index (χ1v) is 7.35. The summed E-state index contributed by atoms with van der Waals surface area (Å²) < 4.78 is 4.92. The van der Waals surface area contributed by atoms with Crippen LogP contribution in [0.25, 0.3) is 6.08 Å². The molecule has 1 fully saturated rings. The molecule has 0 spiro atoms. The molecule has 1 aromatic carbocycles. The lowest BCUT2D eigenvalue weighted by Crippen LogP contribution is -2.57. The van der Waals surface area contributed by atoms with Gasteiger partial charge in [0.05, 0.1) is 6.10 Å². The summed E-state index contributed by atoms with van der Waals surface area (Å²) in [5, 5.41) is 57.0. The molecule has 136 valence electrons. The lowest BCUT2D eigenvalue weighted by atomic mass is 9.79. The highest BCUT2D eigenvalue weighted by molar-refractivity contribution is 5.87. The number of carbonyl (C=O) groups excluding carboxylic acids is 1. The fraction of sp³-hybridized carbons (Fsp3) is 0.375. The second-order valence-corrected chi connectivity index (χ2v) is 5.86. The Bertz CT molecular complexity index is 699. The Morgan fingerprint density at radius 3 is 2.44 bits per heavy atom. The number of phenols is 2. The van der Waals surface area contributed by atoms with E-state index in [1.54, 1.807) is 0 Å². The van der Waals surface area contributed by atoms with Gasteiger partial charge in [0.15, 0.2) is 17.1 Å². The minimum atomic E-state index is -2.31. The Hall–Kier alpha value is -2.62. The summed E-state index contributed by atoms with van der Waals surface area (Å²) in [4.78, 5) is 22.9. The first kappa shape index (κ1) is 18.7. The number of aliphatic carboxylic acids is 1. The van der Waals surface area contributed by atoms with E-state index in [0.29, 0.717) is 5.56 Å². The lowest BCUT2D eigenvalue weighted by Gasteiger charge is -2.39. The molecule has 0 radical (unpaired) electrons. The summed E-state index contributed by atoms with van der Waals surface area (Å²) in [7, 11) is 0. The van der Waals surface area contributed by atoms with Crippen LogP contribution in [0.1, 0.15) is 18.4 Å². The molecule has 9 heteroatoms. The predicted molar refractivity (Wildman–Crippen MR) is 82.5 cm³/mol. The summed E-state index contributed by atoms with van der Waals surface area (Å²) in [5.41, 5.74) is -1.94. The normalized spacial score (nSPS) is 29.5. The molecule has 1 aliphatic rings. The Morgan fingerprint density at radius 1 is 1.16 bits per heavy atom. The van der Waals surface area contributed by atoms with Crippen molar-refractivity contribution in [2.75, 3.05) is 0 Å². The Balaban J connectivity index is 2.06. The molecule has 1 saturated carbocycles. The van der Waals surface area contributed by atoms with Crippen LogP contribution in [0.3, 0.4) is 0 Å². The molecule has 1 aliphatic carbocycles. The van der Waals surface area contributed by atoms with Gasteiger partial charge in [0.1, 0.15) is 12.2 Å². The standard InChI is InChI=1S/C16H18O9/c17-9-3-1-8(5-10(9)18)2-4-13(20)25-12-7-16(24,15(22)23)6-11(19)14(12)21/h1-5,11-12,14,17-19,21,24H,6-7H2,(H,22,23)/b4-2+/t11-,12-,14-,16-/m1/s1. The zero-order valence-corrected chi connectivity index (χ0v) is 12.9. The van der Waals surface area contributed by atoms with E-state index in [1.807, 2.05) is 0 Å². The number of ether oxygens (including phenoxy) is 1. The average Bonchev–Trinajstić information content (AvgIpc) is 2.53. The highest BCUT2D eigenvalue weighted by Gasteiger charge is 2.50. The van der Waals surface area contributed by atoms with Gasteiger partial charge in [-0.05, 0) is 23.8 Å². The third kappa shape index (κ3) is 4.27. The van der Waals surface area contributed by atoms with Crippen molar-refractivity contribution in [3.8, 4) is 11.5 Å². The molecule has 0 unspecified atom stereocenters. The average molecular weight is 354 g/mol. The molecule has 0 amide bonds. The number of carbonyl (C=O) groups is 2. The van der Waals surface area contributed by atoms with Crippen LogP contribution >= 0.6 is 0 Å². The van der Waals surface area contributed by atoms with Crippen molar-refractivity contribution in [1.82, 2.24) is 0 Å². The Kier molecular flexibility index (Phi) is 5.31. The van der Waals surface area contributed by atoms with E-state index in [9.17, 15) is 35.1 Å². The van der Waals surface area contributed by atoms with Crippen molar-refractivity contribution in [3.05, 3.63) is 29.8 Å². The molecule has 1 aromatic rings. The first-order chi connectivity index (χ1) is 11.6. The topological polar surface area (TPSA) is 165 Å². The van der Waals surface area contributed by atoms with Gasteiger partial charge in [0.2, 0.25) is 0 Å². The van der Waals surface area contributed by atoms with E-state index < -0.39 is 48.7 Å². The number of aromatic hydroxyl groups is 2. The van der Waals surface area contributed by atoms with E-state index in [0.717, 1.165) is 6.08 Å². The zero-order chi connectivity index (χ0) is 18.8. The smallest absolute Gasteiger partial charge is 0.335 e. The van der Waals surface area contributed by atoms with Gasteiger partial charge in [-0.25, -0.2) is 9.59 Å². The van der Waals surface area contributed by atoms with E-state index in [2.05, 4.69) is 0 Å². The third-order valence-electron chi connectivity index (χ3n) is 3.94.